The molecule has 1 amide bonds. The van der Waals surface area contributed by atoms with Gasteiger partial charge >= 0.3 is 0 Å². The lowest BCUT2D eigenvalue weighted by molar-refractivity contribution is -0.149. The average molecular weight is 262 g/mol. The lowest BCUT2D eigenvalue weighted by Crippen LogP contribution is -2.68. The van der Waals surface area contributed by atoms with Gasteiger partial charge in [-0.3, -0.25) is 9.69 Å². The maximum Gasteiger partial charge on any atom is 0.246 e. The number of hydrogen-bond donors (Lipinski definition) is 1. The third-order valence-corrected chi connectivity index (χ3v) is 5.65. The van der Waals surface area contributed by atoms with Crippen molar-refractivity contribution in [2.24, 2.45) is 11.8 Å². The highest BCUT2D eigenvalue weighted by molar-refractivity contribution is 5.89. The molecule has 0 aromatic carbocycles. The van der Waals surface area contributed by atoms with Crippen LogP contribution in [0, 0.1) is 11.8 Å². The summed E-state index contributed by atoms with van der Waals surface area (Å²) in [6, 6.07) is 0.636. The monoisotopic (exact) mass is 262 g/mol. The van der Waals surface area contributed by atoms with Crippen molar-refractivity contribution >= 4 is 5.91 Å². The molecule has 0 aromatic heterocycles. The van der Waals surface area contributed by atoms with Crippen LogP contribution in [-0.4, -0.2) is 58.6 Å². The summed E-state index contributed by atoms with van der Waals surface area (Å²) in [6.45, 7) is 3.27. The second kappa shape index (κ2) is 4.32. The first-order valence-electron chi connectivity index (χ1n) is 7.66. The van der Waals surface area contributed by atoms with E-state index in [1.165, 1.54) is 32.4 Å². The van der Waals surface area contributed by atoms with Crippen LogP contribution in [0.25, 0.3) is 0 Å². The summed E-state index contributed by atoms with van der Waals surface area (Å²) in [5, 5.41) is 10.3. The van der Waals surface area contributed by atoms with Crippen molar-refractivity contribution in [2.45, 2.75) is 43.9 Å². The first-order valence-corrected chi connectivity index (χ1v) is 7.66. The number of aliphatic hydroxyl groups excluding tert-OH is 1. The van der Waals surface area contributed by atoms with Gasteiger partial charge in [0.1, 0.15) is 0 Å². The summed E-state index contributed by atoms with van der Waals surface area (Å²) >= 11 is 0. The van der Waals surface area contributed by atoms with E-state index in [1.54, 1.807) is 12.2 Å². The van der Waals surface area contributed by atoms with Gasteiger partial charge in [-0.1, -0.05) is 0 Å². The van der Waals surface area contributed by atoms with E-state index in [1.807, 2.05) is 4.90 Å². The van der Waals surface area contributed by atoms with Crippen molar-refractivity contribution in [1.82, 2.24) is 9.80 Å². The molecule has 0 saturated carbocycles. The smallest absolute Gasteiger partial charge is 0.246 e. The predicted molar refractivity (Wildman–Crippen MR) is 71.5 cm³/mol. The topological polar surface area (TPSA) is 43.8 Å². The zero-order valence-corrected chi connectivity index (χ0v) is 11.2. The molecule has 5 unspecified atom stereocenters. The summed E-state index contributed by atoms with van der Waals surface area (Å²) in [5.41, 5.74) is 0. The molecule has 0 radical (unpaired) electrons. The zero-order valence-electron chi connectivity index (χ0n) is 11.2. The number of piperidine rings is 3. The van der Waals surface area contributed by atoms with E-state index in [0.717, 1.165) is 13.0 Å². The fourth-order valence-corrected chi connectivity index (χ4v) is 5.00. The number of amides is 1. The number of aliphatic hydroxyl groups is 1. The van der Waals surface area contributed by atoms with Gasteiger partial charge in [0, 0.05) is 18.7 Å². The molecule has 4 aliphatic rings. The quantitative estimate of drug-likeness (QED) is 0.696. The van der Waals surface area contributed by atoms with Crippen LogP contribution in [0.1, 0.15) is 25.7 Å². The first kappa shape index (κ1) is 11.9. The van der Waals surface area contributed by atoms with Gasteiger partial charge in [-0.2, -0.15) is 0 Å². The predicted octanol–water partition coefficient (Wildman–Crippen LogP) is 0.619. The number of hydrogen-bond acceptors (Lipinski definition) is 3. The van der Waals surface area contributed by atoms with Crippen molar-refractivity contribution in [1.29, 1.82) is 0 Å². The second-order valence-electron chi connectivity index (χ2n) is 6.57. The number of carbonyl (C=O) groups is 1. The van der Waals surface area contributed by atoms with Crippen molar-refractivity contribution in [2.75, 3.05) is 19.6 Å². The normalized spacial score (nSPS) is 45.8. The van der Waals surface area contributed by atoms with Gasteiger partial charge in [-0.25, -0.2) is 0 Å². The number of fused-ring (bicyclic) bond motifs is 2. The van der Waals surface area contributed by atoms with E-state index >= 15 is 0 Å². The van der Waals surface area contributed by atoms with Crippen molar-refractivity contribution in [3.8, 4) is 0 Å². The minimum Gasteiger partial charge on any atom is -0.387 e. The Morgan fingerprint density at radius 1 is 1.16 bits per heavy atom. The highest BCUT2D eigenvalue weighted by Gasteiger charge is 2.51. The van der Waals surface area contributed by atoms with Gasteiger partial charge in [-0.05, 0) is 56.7 Å². The lowest BCUT2D eigenvalue weighted by atomic mass is 9.68. The number of rotatable bonds is 0. The average Bonchev–Trinajstić information content (AvgIpc) is 2.43. The molecule has 0 spiro atoms. The molecule has 4 aliphatic heterocycles. The Labute approximate surface area is 114 Å². The Morgan fingerprint density at radius 2 is 1.95 bits per heavy atom. The Hall–Kier alpha value is -0.870. The standard InChI is InChI=1S/C15H22N2O2/c18-12-5-6-13(19)17-9-10-3-1-7-16-8-2-4-11(14(10)16)15(12)17/h5-6,10-12,14-15,18H,1-4,7-9H2. The molecule has 104 valence electrons. The first-order chi connectivity index (χ1) is 9.25. The molecule has 4 rings (SSSR count). The molecule has 4 heterocycles. The Balaban J connectivity index is 1.71. The van der Waals surface area contributed by atoms with Crippen LogP contribution in [0.15, 0.2) is 12.2 Å². The molecule has 4 nitrogen and oxygen atoms in total. The molecular weight excluding hydrogens is 240 g/mol. The van der Waals surface area contributed by atoms with Gasteiger partial charge in [0.2, 0.25) is 5.91 Å². The van der Waals surface area contributed by atoms with Crippen molar-refractivity contribution in [3.05, 3.63) is 12.2 Å². The molecule has 19 heavy (non-hydrogen) atoms. The third kappa shape index (κ3) is 1.69. The van der Waals surface area contributed by atoms with Crippen LogP contribution in [0.4, 0.5) is 0 Å². The molecule has 0 bridgehead atoms. The van der Waals surface area contributed by atoms with E-state index in [0.29, 0.717) is 17.9 Å². The van der Waals surface area contributed by atoms with E-state index in [2.05, 4.69) is 4.90 Å². The maximum absolute atomic E-state index is 12.1. The molecular formula is C15H22N2O2. The molecule has 3 fully saturated rings. The van der Waals surface area contributed by atoms with Crippen molar-refractivity contribution in [3.63, 3.8) is 0 Å². The Morgan fingerprint density at radius 3 is 2.79 bits per heavy atom. The largest absolute Gasteiger partial charge is 0.387 e. The van der Waals surface area contributed by atoms with Crippen LogP contribution in [-0.2, 0) is 4.79 Å². The number of carbonyl (C=O) groups excluding carboxylic acids is 1. The fourth-order valence-electron chi connectivity index (χ4n) is 5.00. The summed E-state index contributed by atoms with van der Waals surface area (Å²) < 4.78 is 0. The van der Waals surface area contributed by atoms with Crippen LogP contribution in [0.5, 0.6) is 0 Å². The van der Waals surface area contributed by atoms with Gasteiger partial charge in [0.25, 0.3) is 0 Å². The SMILES string of the molecule is O=C1C=CC(O)C2C3CCCN4CCCC(CN12)C34. The Bertz CT molecular complexity index is 420. The van der Waals surface area contributed by atoms with Crippen molar-refractivity contribution < 1.29 is 9.90 Å². The number of nitrogens with zero attached hydrogens (tertiary/aromatic N) is 2. The molecule has 5 atom stereocenters. The maximum atomic E-state index is 12.1. The van der Waals surface area contributed by atoms with E-state index in [4.69, 9.17) is 0 Å². The summed E-state index contributed by atoms with van der Waals surface area (Å²) in [7, 11) is 0. The molecule has 0 aromatic rings. The lowest BCUT2D eigenvalue weighted by Gasteiger charge is -2.58. The molecule has 0 aliphatic carbocycles. The summed E-state index contributed by atoms with van der Waals surface area (Å²) in [5.74, 6) is 1.20. The molecule has 4 heteroatoms. The fraction of sp³-hybridized carbons (Fsp3) is 0.800. The highest BCUT2D eigenvalue weighted by Crippen LogP contribution is 2.43. The summed E-state index contributed by atoms with van der Waals surface area (Å²) in [4.78, 5) is 16.7. The van der Waals surface area contributed by atoms with E-state index in [9.17, 15) is 9.90 Å². The van der Waals surface area contributed by atoms with Gasteiger partial charge in [0.05, 0.1) is 12.1 Å². The van der Waals surface area contributed by atoms with Gasteiger partial charge in [-0.15, -0.1) is 0 Å². The van der Waals surface area contributed by atoms with Gasteiger partial charge in [0.15, 0.2) is 0 Å². The van der Waals surface area contributed by atoms with Crippen LogP contribution in [0.3, 0.4) is 0 Å². The highest BCUT2D eigenvalue weighted by atomic mass is 16.3. The summed E-state index contributed by atoms with van der Waals surface area (Å²) in [6.07, 6.45) is 7.68. The molecule has 3 saturated heterocycles. The second-order valence-corrected chi connectivity index (χ2v) is 6.57. The van der Waals surface area contributed by atoms with E-state index in [-0.39, 0.29) is 11.9 Å². The van der Waals surface area contributed by atoms with Crippen LogP contribution >= 0.6 is 0 Å². The van der Waals surface area contributed by atoms with Crippen LogP contribution < -0.4 is 0 Å². The zero-order chi connectivity index (χ0) is 13.0. The minimum atomic E-state index is -0.467. The third-order valence-electron chi connectivity index (χ3n) is 5.65. The van der Waals surface area contributed by atoms with E-state index < -0.39 is 6.10 Å². The Kier molecular flexibility index (Phi) is 2.71. The van der Waals surface area contributed by atoms with Gasteiger partial charge < -0.3 is 10.0 Å². The van der Waals surface area contributed by atoms with Crippen LogP contribution in [0.2, 0.25) is 0 Å². The molecule has 1 N–H and O–H groups in total. The minimum absolute atomic E-state index is 0.0275.